The van der Waals surface area contributed by atoms with E-state index in [-0.39, 0.29) is 11.7 Å². The highest BCUT2D eigenvalue weighted by Gasteiger charge is 2.13. The molecule has 2 aromatic carbocycles. The van der Waals surface area contributed by atoms with Crippen LogP contribution < -0.4 is 16.6 Å². The van der Waals surface area contributed by atoms with Crippen molar-refractivity contribution in [2.45, 2.75) is 6.92 Å². The van der Waals surface area contributed by atoms with Gasteiger partial charge in [-0.25, -0.2) is 4.39 Å². The van der Waals surface area contributed by atoms with Gasteiger partial charge in [0.2, 0.25) is 0 Å². The maximum absolute atomic E-state index is 13.0. The van der Waals surface area contributed by atoms with Crippen LogP contribution in [0.5, 0.6) is 0 Å². The Morgan fingerprint density at radius 2 is 1.95 bits per heavy atom. The Balaban J connectivity index is 2.28. The highest BCUT2D eigenvalue weighted by Crippen LogP contribution is 2.22. The maximum atomic E-state index is 13.0. The predicted octanol–water partition coefficient (Wildman–Crippen LogP) is 3.28. The van der Waals surface area contributed by atoms with Gasteiger partial charge in [0.25, 0.3) is 5.91 Å². The number of hydrogen-bond donors (Lipinski definition) is 3. The number of rotatable bonds is 3. The van der Waals surface area contributed by atoms with Gasteiger partial charge in [-0.3, -0.25) is 10.6 Å². The lowest BCUT2D eigenvalue weighted by atomic mass is 10.1. The van der Waals surface area contributed by atoms with Crippen LogP contribution in [0, 0.1) is 16.3 Å². The van der Waals surface area contributed by atoms with Crippen molar-refractivity contribution >= 4 is 39.9 Å². The van der Waals surface area contributed by atoms with Crippen LogP contribution in [0.1, 0.15) is 15.9 Å². The zero-order valence-corrected chi connectivity index (χ0v) is 12.9. The molecule has 0 bridgehead atoms. The first-order valence-corrected chi connectivity index (χ1v) is 6.93. The molecule has 2 rings (SSSR count). The number of hydrazine groups is 1. The zero-order valence-electron chi connectivity index (χ0n) is 10.7. The molecule has 0 radical (unpaired) electrons. The lowest BCUT2D eigenvalue weighted by Crippen LogP contribution is -2.18. The van der Waals surface area contributed by atoms with E-state index < -0.39 is 0 Å². The topological polar surface area (TPSA) is 67.2 Å². The molecule has 104 valence electrons. The summed E-state index contributed by atoms with van der Waals surface area (Å²) in [5.41, 5.74) is 5.02. The highest BCUT2D eigenvalue weighted by atomic mass is 127. The van der Waals surface area contributed by atoms with Crippen molar-refractivity contribution in [1.82, 2.24) is 0 Å². The number of nitrogens with two attached hydrogens (primary N) is 1. The van der Waals surface area contributed by atoms with Gasteiger partial charge in [-0.05, 0) is 65.4 Å². The molecule has 0 saturated heterocycles. The smallest absolute Gasteiger partial charge is 0.257 e. The summed E-state index contributed by atoms with van der Waals surface area (Å²) in [6.45, 7) is 1.91. The van der Waals surface area contributed by atoms with E-state index in [1.54, 1.807) is 12.1 Å². The molecule has 20 heavy (non-hydrogen) atoms. The first kappa shape index (κ1) is 14.7. The molecule has 4 N–H and O–H groups in total. The third-order valence-corrected chi connectivity index (χ3v) is 3.65. The normalized spacial score (nSPS) is 10.2. The fourth-order valence-corrected chi connectivity index (χ4v) is 2.37. The Kier molecular flexibility index (Phi) is 4.56. The summed E-state index contributed by atoms with van der Waals surface area (Å²) >= 11 is 1.97. The van der Waals surface area contributed by atoms with E-state index in [1.807, 2.05) is 35.6 Å². The lowest BCUT2D eigenvalue weighted by Gasteiger charge is -2.11. The molecule has 0 spiro atoms. The third-order valence-electron chi connectivity index (χ3n) is 2.75. The first-order valence-electron chi connectivity index (χ1n) is 5.85. The minimum Gasteiger partial charge on any atom is -0.323 e. The molecule has 0 heterocycles. The van der Waals surface area contributed by atoms with Gasteiger partial charge in [0.05, 0.1) is 16.9 Å². The molecule has 2 aromatic rings. The molecule has 0 aromatic heterocycles. The monoisotopic (exact) mass is 385 g/mol. The summed E-state index contributed by atoms with van der Waals surface area (Å²) in [6.07, 6.45) is 0. The van der Waals surface area contributed by atoms with Gasteiger partial charge in [0.15, 0.2) is 0 Å². The lowest BCUT2D eigenvalue weighted by molar-refractivity contribution is 0.102. The summed E-state index contributed by atoms with van der Waals surface area (Å²) in [5.74, 6) is 4.78. The summed E-state index contributed by atoms with van der Waals surface area (Å²) < 4.78 is 13.7. The minimum atomic E-state index is -0.341. The summed E-state index contributed by atoms with van der Waals surface area (Å²) in [4.78, 5) is 12.2. The highest BCUT2D eigenvalue weighted by molar-refractivity contribution is 14.1. The standard InChI is InChI=1S/C14H13FIN3O/c1-8-2-4-10(13(6-8)19-17)14(20)18-12-5-3-9(15)7-11(12)16/h2-7,19H,17H2,1H3,(H,18,20). The van der Waals surface area contributed by atoms with E-state index in [9.17, 15) is 9.18 Å². The average molecular weight is 385 g/mol. The van der Waals surface area contributed by atoms with Crippen LogP contribution in [-0.4, -0.2) is 5.91 Å². The Bertz CT molecular complexity index is 661. The van der Waals surface area contributed by atoms with Crippen LogP contribution in [0.4, 0.5) is 15.8 Å². The van der Waals surface area contributed by atoms with Crippen molar-refractivity contribution in [3.8, 4) is 0 Å². The maximum Gasteiger partial charge on any atom is 0.257 e. The van der Waals surface area contributed by atoms with Crippen LogP contribution in [0.3, 0.4) is 0 Å². The molecule has 0 saturated carbocycles. The minimum absolute atomic E-state index is 0.303. The first-order chi connectivity index (χ1) is 9.51. The fraction of sp³-hybridized carbons (Fsp3) is 0.0714. The molecule has 0 atom stereocenters. The fourth-order valence-electron chi connectivity index (χ4n) is 1.76. The second-order valence-corrected chi connectivity index (χ2v) is 5.43. The molecule has 1 amide bonds. The van der Waals surface area contributed by atoms with E-state index >= 15 is 0 Å². The molecule has 6 heteroatoms. The van der Waals surface area contributed by atoms with Crippen LogP contribution in [0.15, 0.2) is 36.4 Å². The van der Waals surface area contributed by atoms with E-state index in [1.165, 1.54) is 18.2 Å². The Morgan fingerprint density at radius 1 is 1.20 bits per heavy atom. The van der Waals surface area contributed by atoms with Gasteiger partial charge < -0.3 is 10.7 Å². The molecule has 4 nitrogen and oxygen atoms in total. The van der Waals surface area contributed by atoms with Crippen molar-refractivity contribution in [1.29, 1.82) is 0 Å². The van der Waals surface area contributed by atoms with Gasteiger partial charge in [-0.1, -0.05) is 6.07 Å². The van der Waals surface area contributed by atoms with Crippen LogP contribution in [-0.2, 0) is 0 Å². The summed E-state index contributed by atoms with van der Waals surface area (Å²) in [5, 5.41) is 2.74. The van der Waals surface area contributed by atoms with Crippen molar-refractivity contribution in [2.75, 3.05) is 10.7 Å². The third kappa shape index (κ3) is 3.26. The second-order valence-electron chi connectivity index (χ2n) is 4.27. The van der Waals surface area contributed by atoms with Gasteiger partial charge in [0.1, 0.15) is 5.82 Å². The van der Waals surface area contributed by atoms with Gasteiger partial charge in [-0.2, -0.15) is 0 Å². The predicted molar refractivity (Wildman–Crippen MR) is 86.1 cm³/mol. The number of halogens is 2. The Labute approximate surface area is 129 Å². The van der Waals surface area contributed by atoms with Crippen LogP contribution in [0.25, 0.3) is 0 Å². The zero-order chi connectivity index (χ0) is 14.7. The number of carbonyl (C=O) groups excluding carboxylic acids is 1. The van der Waals surface area contributed by atoms with Gasteiger partial charge >= 0.3 is 0 Å². The number of anilines is 2. The Hall–Kier alpha value is -1.67. The van der Waals surface area contributed by atoms with E-state index in [0.717, 1.165) is 5.56 Å². The molecular weight excluding hydrogens is 372 g/mol. The van der Waals surface area contributed by atoms with Crippen LogP contribution >= 0.6 is 22.6 Å². The summed E-state index contributed by atoms with van der Waals surface area (Å²) in [6, 6.07) is 9.48. The molecule has 0 aliphatic heterocycles. The largest absolute Gasteiger partial charge is 0.323 e. The van der Waals surface area contributed by atoms with Crippen molar-refractivity contribution < 1.29 is 9.18 Å². The summed E-state index contributed by atoms with van der Waals surface area (Å²) in [7, 11) is 0. The van der Waals surface area contributed by atoms with Crippen molar-refractivity contribution in [3.05, 3.63) is 56.9 Å². The quantitative estimate of drug-likeness (QED) is 0.432. The number of benzene rings is 2. The number of nitrogen functional groups attached to an aromatic ring is 1. The Morgan fingerprint density at radius 3 is 2.60 bits per heavy atom. The molecule has 0 fully saturated rings. The number of hydrogen-bond acceptors (Lipinski definition) is 3. The van der Waals surface area contributed by atoms with Gasteiger partial charge in [-0.15, -0.1) is 0 Å². The number of aryl methyl sites for hydroxylation is 1. The number of nitrogens with one attached hydrogen (secondary N) is 2. The van der Waals surface area contributed by atoms with Crippen molar-refractivity contribution in [3.63, 3.8) is 0 Å². The van der Waals surface area contributed by atoms with E-state index in [0.29, 0.717) is 20.5 Å². The molecule has 0 unspecified atom stereocenters. The molecule has 0 aliphatic carbocycles. The van der Waals surface area contributed by atoms with Crippen LogP contribution in [0.2, 0.25) is 0 Å². The van der Waals surface area contributed by atoms with Crippen molar-refractivity contribution in [2.24, 2.45) is 5.84 Å². The SMILES string of the molecule is Cc1ccc(C(=O)Nc2ccc(F)cc2I)c(NN)c1. The molecule has 0 aliphatic rings. The number of carbonyl (C=O) groups is 1. The van der Waals surface area contributed by atoms with E-state index in [4.69, 9.17) is 5.84 Å². The second kappa shape index (κ2) is 6.19. The average Bonchev–Trinajstić information content (AvgIpc) is 2.41. The van der Waals surface area contributed by atoms with Gasteiger partial charge in [0, 0.05) is 3.57 Å². The van der Waals surface area contributed by atoms with E-state index in [2.05, 4.69) is 10.7 Å². The molecular formula is C14H13FIN3O. The number of amides is 1.